The van der Waals surface area contributed by atoms with Gasteiger partial charge in [-0.1, -0.05) is 48.0 Å². The molecule has 2 aliphatic heterocycles. The maximum absolute atomic E-state index is 12.6. The molecule has 0 saturated carbocycles. The smallest absolute Gasteiger partial charge is 0.235 e. The number of benzene rings is 2. The number of fused-ring (bicyclic) bond motifs is 3. The number of halogens is 1. The third-order valence-electron chi connectivity index (χ3n) is 4.42. The molecule has 0 spiro atoms. The van der Waals surface area contributed by atoms with Gasteiger partial charge >= 0.3 is 0 Å². The fourth-order valence-corrected chi connectivity index (χ4v) is 3.57. The Bertz CT molecular complexity index is 873. The lowest BCUT2D eigenvalue weighted by molar-refractivity contribution is -0.121. The van der Waals surface area contributed by atoms with Crippen LogP contribution in [0.4, 0.5) is 0 Å². The summed E-state index contributed by atoms with van der Waals surface area (Å²) in [6.45, 7) is 2.29. The maximum Gasteiger partial charge on any atom is 0.235 e. The van der Waals surface area contributed by atoms with E-state index in [1.165, 1.54) is 0 Å². The van der Waals surface area contributed by atoms with Gasteiger partial charge in [-0.2, -0.15) is 0 Å². The van der Waals surface area contributed by atoms with Crippen molar-refractivity contribution in [3.05, 3.63) is 70.2 Å². The molecule has 2 aliphatic rings. The standard InChI is InChI=1S/C19H16ClN3O/c1-11-22-16-10-21-18(12-5-3-2-4-6-12)15-9-13(20)7-8-14(15)17(16)19(24)23-11/h2-9,16-17H,10H2,1H3,(H,22,23,24). The number of nitrogens with one attached hydrogen (secondary N) is 1. The zero-order valence-corrected chi connectivity index (χ0v) is 13.9. The summed E-state index contributed by atoms with van der Waals surface area (Å²) in [6.07, 6.45) is 0. The molecule has 2 atom stereocenters. The van der Waals surface area contributed by atoms with Gasteiger partial charge in [-0.15, -0.1) is 0 Å². The fourth-order valence-electron chi connectivity index (χ4n) is 3.40. The average molecular weight is 338 g/mol. The largest absolute Gasteiger partial charge is 0.314 e. The molecule has 2 unspecified atom stereocenters. The molecule has 24 heavy (non-hydrogen) atoms. The zero-order valence-electron chi connectivity index (χ0n) is 13.2. The summed E-state index contributed by atoms with van der Waals surface area (Å²) in [5.41, 5.74) is 3.72. The Hall–Kier alpha value is -2.46. The van der Waals surface area contributed by atoms with Crippen LogP contribution in [-0.4, -0.2) is 30.0 Å². The maximum atomic E-state index is 12.6. The number of aliphatic imine (C=N–C) groups is 2. The molecular weight excluding hydrogens is 322 g/mol. The van der Waals surface area contributed by atoms with Crippen LogP contribution in [0.25, 0.3) is 0 Å². The minimum atomic E-state index is -0.342. The normalized spacial score (nSPS) is 22.5. The number of amidine groups is 1. The number of nitrogens with zero attached hydrogens (tertiary/aromatic N) is 2. The summed E-state index contributed by atoms with van der Waals surface area (Å²) in [7, 11) is 0. The predicted molar refractivity (Wildman–Crippen MR) is 96.2 cm³/mol. The van der Waals surface area contributed by atoms with E-state index in [-0.39, 0.29) is 17.9 Å². The van der Waals surface area contributed by atoms with Crippen LogP contribution in [-0.2, 0) is 4.79 Å². The molecule has 0 bridgehead atoms. The van der Waals surface area contributed by atoms with Crippen LogP contribution < -0.4 is 5.32 Å². The lowest BCUT2D eigenvalue weighted by Gasteiger charge is -2.27. The van der Waals surface area contributed by atoms with Crippen molar-refractivity contribution >= 4 is 29.1 Å². The summed E-state index contributed by atoms with van der Waals surface area (Å²) in [4.78, 5) is 22.0. The van der Waals surface area contributed by atoms with Gasteiger partial charge in [0.1, 0.15) is 5.84 Å². The number of rotatable bonds is 1. The summed E-state index contributed by atoms with van der Waals surface area (Å²) in [6, 6.07) is 15.4. The molecule has 120 valence electrons. The number of carbonyl (C=O) groups is 1. The molecule has 2 aromatic rings. The minimum absolute atomic E-state index is 0.0272. The van der Waals surface area contributed by atoms with Crippen LogP contribution in [0.5, 0.6) is 0 Å². The molecule has 2 heterocycles. The molecule has 5 heteroatoms. The van der Waals surface area contributed by atoms with Crippen LogP contribution >= 0.6 is 11.6 Å². The van der Waals surface area contributed by atoms with Crippen LogP contribution in [0.1, 0.15) is 29.5 Å². The number of hydrogen-bond acceptors (Lipinski definition) is 3. The van der Waals surface area contributed by atoms with Crippen LogP contribution in [0.15, 0.2) is 58.5 Å². The molecule has 4 nitrogen and oxygen atoms in total. The van der Waals surface area contributed by atoms with Gasteiger partial charge in [0.05, 0.1) is 24.2 Å². The molecular formula is C19H16ClN3O. The topological polar surface area (TPSA) is 53.8 Å². The van der Waals surface area contributed by atoms with Gasteiger partial charge in [0.15, 0.2) is 0 Å². The fraction of sp³-hybridized carbons (Fsp3) is 0.211. The summed E-state index contributed by atoms with van der Waals surface area (Å²) in [5, 5.41) is 3.47. The molecule has 0 aromatic heterocycles. The van der Waals surface area contributed by atoms with E-state index in [1.54, 1.807) is 0 Å². The Balaban J connectivity index is 1.94. The quantitative estimate of drug-likeness (QED) is 0.853. The van der Waals surface area contributed by atoms with E-state index in [1.807, 2.05) is 55.5 Å². The molecule has 1 N–H and O–H groups in total. The highest BCUT2D eigenvalue weighted by molar-refractivity contribution is 6.31. The van der Waals surface area contributed by atoms with Crippen molar-refractivity contribution in [2.75, 3.05) is 6.54 Å². The highest BCUT2D eigenvalue weighted by atomic mass is 35.5. The Morgan fingerprint density at radius 1 is 1.17 bits per heavy atom. The average Bonchev–Trinajstić information content (AvgIpc) is 2.72. The monoisotopic (exact) mass is 337 g/mol. The number of hydrogen-bond donors (Lipinski definition) is 1. The van der Waals surface area contributed by atoms with Gasteiger partial charge in [-0.3, -0.25) is 14.8 Å². The first-order chi connectivity index (χ1) is 11.6. The highest BCUT2D eigenvalue weighted by Crippen LogP contribution is 2.34. The molecule has 0 fully saturated rings. The molecule has 1 amide bonds. The van der Waals surface area contributed by atoms with E-state index < -0.39 is 0 Å². The minimum Gasteiger partial charge on any atom is -0.314 e. The van der Waals surface area contributed by atoms with E-state index in [2.05, 4.69) is 10.3 Å². The molecule has 0 saturated heterocycles. The van der Waals surface area contributed by atoms with E-state index in [0.29, 0.717) is 17.4 Å². The lowest BCUT2D eigenvalue weighted by atomic mass is 9.85. The van der Waals surface area contributed by atoms with Gasteiger partial charge in [0, 0.05) is 16.1 Å². The van der Waals surface area contributed by atoms with E-state index in [9.17, 15) is 4.79 Å². The third kappa shape index (κ3) is 2.53. The molecule has 4 rings (SSSR count). The molecule has 0 radical (unpaired) electrons. The van der Waals surface area contributed by atoms with E-state index in [4.69, 9.17) is 16.6 Å². The van der Waals surface area contributed by atoms with E-state index >= 15 is 0 Å². The van der Waals surface area contributed by atoms with E-state index in [0.717, 1.165) is 22.4 Å². The Morgan fingerprint density at radius 2 is 1.96 bits per heavy atom. The van der Waals surface area contributed by atoms with Crippen molar-refractivity contribution in [3.8, 4) is 0 Å². The van der Waals surface area contributed by atoms with Crippen LogP contribution in [0.3, 0.4) is 0 Å². The SMILES string of the molecule is CC1=NC2CN=C(c3ccccc3)c3cc(Cl)ccc3C2C(=O)N1. The highest BCUT2D eigenvalue weighted by Gasteiger charge is 2.37. The van der Waals surface area contributed by atoms with Crippen molar-refractivity contribution in [2.24, 2.45) is 9.98 Å². The lowest BCUT2D eigenvalue weighted by Crippen LogP contribution is -2.44. The number of carbonyl (C=O) groups excluding carboxylic acids is 1. The predicted octanol–water partition coefficient (Wildman–Crippen LogP) is 3.19. The second-order valence-electron chi connectivity index (χ2n) is 6.04. The first-order valence-electron chi connectivity index (χ1n) is 7.88. The first kappa shape index (κ1) is 15.1. The summed E-state index contributed by atoms with van der Waals surface area (Å²) >= 11 is 6.23. The number of amides is 1. The zero-order chi connectivity index (χ0) is 16.7. The van der Waals surface area contributed by atoms with Crippen molar-refractivity contribution in [1.82, 2.24) is 5.32 Å². The van der Waals surface area contributed by atoms with Crippen LogP contribution in [0, 0.1) is 0 Å². The Labute approximate surface area is 145 Å². The summed E-state index contributed by atoms with van der Waals surface area (Å²) < 4.78 is 0. The van der Waals surface area contributed by atoms with Gasteiger partial charge < -0.3 is 5.32 Å². The second kappa shape index (κ2) is 5.87. The van der Waals surface area contributed by atoms with Crippen molar-refractivity contribution in [3.63, 3.8) is 0 Å². The van der Waals surface area contributed by atoms with Crippen molar-refractivity contribution in [1.29, 1.82) is 0 Å². The third-order valence-corrected chi connectivity index (χ3v) is 4.66. The Kier molecular flexibility index (Phi) is 3.69. The van der Waals surface area contributed by atoms with Gasteiger partial charge in [0.2, 0.25) is 5.91 Å². The van der Waals surface area contributed by atoms with Crippen molar-refractivity contribution < 1.29 is 4.79 Å². The van der Waals surface area contributed by atoms with Gasteiger partial charge in [-0.05, 0) is 24.6 Å². The second-order valence-corrected chi connectivity index (χ2v) is 6.47. The first-order valence-corrected chi connectivity index (χ1v) is 8.26. The van der Waals surface area contributed by atoms with Gasteiger partial charge in [-0.25, -0.2) is 0 Å². The molecule has 2 aromatic carbocycles. The van der Waals surface area contributed by atoms with Crippen molar-refractivity contribution in [2.45, 2.75) is 18.9 Å². The Morgan fingerprint density at radius 3 is 2.75 bits per heavy atom. The van der Waals surface area contributed by atoms with Gasteiger partial charge in [0.25, 0.3) is 0 Å². The van der Waals surface area contributed by atoms with Crippen LogP contribution in [0.2, 0.25) is 5.02 Å². The molecule has 0 aliphatic carbocycles. The summed E-state index contributed by atoms with van der Waals surface area (Å²) in [5.74, 6) is 0.279.